The lowest BCUT2D eigenvalue weighted by Crippen LogP contribution is -1.94. The molecule has 0 aliphatic rings. The quantitative estimate of drug-likeness (QED) is 0.192. The van der Waals surface area contributed by atoms with E-state index in [1.54, 1.807) is 0 Å². The Balaban J connectivity index is 1.08. The van der Waals surface area contributed by atoms with Gasteiger partial charge in [0.05, 0.1) is 27.8 Å². The molecule has 3 heteroatoms. The molecule has 0 fully saturated rings. The Bertz CT molecular complexity index is 3050. The van der Waals surface area contributed by atoms with Gasteiger partial charge >= 0.3 is 0 Å². The minimum atomic E-state index is 0.904. The number of benzene rings is 8. The zero-order chi connectivity index (χ0) is 32.1. The molecule has 0 aliphatic heterocycles. The van der Waals surface area contributed by atoms with E-state index in [1.165, 1.54) is 49.1 Å². The zero-order valence-corrected chi connectivity index (χ0v) is 26.5. The summed E-state index contributed by atoms with van der Waals surface area (Å²) in [6.45, 7) is 0. The molecule has 0 aliphatic carbocycles. The molecule has 3 nitrogen and oxygen atoms in total. The lowest BCUT2D eigenvalue weighted by Gasteiger charge is -2.10. The van der Waals surface area contributed by atoms with E-state index in [1.807, 2.05) is 0 Å². The second-order valence-electron chi connectivity index (χ2n) is 12.9. The normalized spacial score (nSPS) is 12.1. The monoisotopic (exact) mass is 624 g/mol. The molecule has 0 N–H and O–H groups in total. The first kappa shape index (κ1) is 26.5. The van der Waals surface area contributed by atoms with Gasteiger partial charge in [0.1, 0.15) is 5.58 Å². The third-order valence-corrected chi connectivity index (χ3v) is 10.3. The first-order valence-corrected chi connectivity index (χ1v) is 16.8. The molecule has 0 bridgehead atoms. The molecular weight excluding hydrogens is 597 g/mol. The number of para-hydroxylation sites is 4. The number of furan rings is 1. The Morgan fingerprint density at radius 3 is 1.61 bits per heavy atom. The van der Waals surface area contributed by atoms with Crippen molar-refractivity contribution in [1.82, 2.24) is 9.13 Å². The molecule has 228 valence electrons. The van der Waals surface area contributed by atoms with Gasteiger partial charge in [0.25, 0.3) is 0 Å². The van der Waals surface area contributed by atoms with Crippen LogP contribution in [-0.2, 0) is 0 Å². The Labute approximate surface area is 281 Å². The van der Waals surface area contributed by atoms with Crippen LogP contribution in [0, 0.1) is 0 Å². The van der Waals surface area contributed by atoms with Crippen molar-refractivity contribution < 1.29 is 4.42 Å². The average Bonchev–Trinajstić information content (AvgIpc) is 3.83. The molecule has 0 radical (unpaired) electrons. The van der Waals surface area contributed by atoms with Crippen LogP contribution in [0.1, 0.15) is 0 Å². The molecule has 11 rings (SSSR count). The molecule has 0 amide bonds. The highest BCUT2D eigenvalue weighted by atomic mass is 16.3. The summed E-state index contributed by atoms with van der Waals surface area (Å²) in [5.41, 5.74) is 11.2. The van der Waals surface area contributed by atoms with Crippen LogP contribution in [0.3, 0.4) is 0 Å². The van der Waals surface area contributed by atoms with Crippen molar-refractivity contribution in [2.75, 3.05) is 0 Å². The van der Waals surface area contributed by atoms with E-state index in [9.17, 15) is 0 Å². The van der Waals surface area contributed by atoms with Crippen LogP contribution < -0.4 is 0 Å². The number of rotatable bonds is 3. The first-order valence-electron chi connectivity index (χ1n) is 16.8. The molecule has 0 unspecified atom stereocenters. The number of aromatic nitrogens is 2. The van der Waals surface area contributed by atoms with Crippen molar-refractivity contribution in [3.63, 3.8) is 0 Å². The SMILES string of the molecule is c1ccc2c(c1)ccc1c3cccc(-n4c5ccccc5c5cc(-c6ccc(-n7c8ccccc8c8ccccc87)cc6)ccc54)c3oc21. The molecule has 0 saturated carbocycles. The van der Waals surface area contributed by atoms with E-state index in [0.29, 0.717) is 0 Å². The van der Waals surface area contributed by atoms with Gasteiger partial charge < -0.3 is 13.6 Å². The Morgan fingerprint density at radius 1 is 0.327 bits per heavy atom. The van der Waals surface area contributed by atoms with Gasteiger partial charge in [-0.1, -0.05) is 115 Å². The summed E-state index contributed by atoms with van der Waals surface area (Å²) < 4.78 is 11.5. The second-order valence-corrected chi connectivity index (χ2v) is 12.9. The second kappa shape index (κ2) is 9.96. The summed E-state index contributed by atoms with van der Waals surface area (Å²) in [6, 6.07) is 61.2. The number of hydrogen-bond donors (Lipinski definition) is 0. The topological polar surface area (TPSA) is 23.0 Å². The molecule has 3 aromatic heterocycles. The standard InChI is InChI=1S/C46H28N2O/c1-2-11-33-30(10-1)22-26-38-37-15-9-19-44(46(37)49-45(33)38)48-42-18-8-5-14-36(42)39-28-31(23-27-43(39)48)29-20-24-32(25-21-29)47-40-16-6-3-12-34(40)35-13-4-7-17-41(35)47/h1-28H. The van der Waals surface area contributed by atoms with Gasteiger partial charge in [0, 0.05) is 43.4 Å². The maximum absolute atomic E-state index is 6.78. The Kier molecular flexibility index (Phi) is 5.38. The van der Waals surface area contributed by atoms with Crippen LogP contribution in [-0.4, -0.2) is 9.13 Å². The lowest BCUT2D eigenvalue weighted by molar-refractivity contribution is 0.670. The first-order chi connectivity index (χ1) is 24.3. The lowest BCUT2D eigenvalue weighted by atomic mass is 10.0. The van der Waals surface area contributed by atoms with Gasteiger partial charge in [-0.2, -0.15) is 0 Å². The Morgan fingerprint density at radius 2 is 0.878 bits per heavy atom. The van der Waals surface area contributed by atoms with Crippen LogP contribution in [0.2, 0.25) is 0 Å². The molecule has 49 heavy (non-hydrogen) atoms. The average molecular weight is 625 g/mol. The minimum Gasteiger partial charge on any atom is -0.453 e. The summed E-state index contributed by atoms with van der Waals surface area (Å²) in [6.07, 6.45) is 0. The van der Waals surface area contributed by atoms with E-state index < -0.39 is 0 Å². The van der Waals surface area contributed by atoms with Crippen LogP contribution >= 0.6 is 0 Å². The summed E-state index contributed by atoms with van der Waals surface area (Å²) in [4.78, 5) is 0. The Hall–Kier alpha value is -6.58. The van der Waals surface area contributed by atoms with Crippen molar-refractivity contribution in [1.29, 1.82) is 0 Å². The number of fused-ring (bicyclic) bond motifs is 11. The zero-order valence-electron chi connectivity index (χ0n) is 26.5. The van der Waals surface area contributed by atoms with Gasteiger partial charge in [-0.05, 0) is 71.1 Å². The van der Waals surface area contributed by atoms with E-state index in [0.717, 1.165) is 49.7 Å². The van der Waals surface area contributed by atoms with Crippen molar-refractivity contribution in [3.8, 4) is 22.5 Å². The van der Waals surface area contributed by atoms with E-state index in [2.05, 4.69) is 179 Å². The number of nitrogens with zero attached hydrogens (tertiary/aromatic N) is 2. The minimum absolute atomic E-state index is 0.904. The molecule has 0 saturated heterocycles. The van der Waals surface area contributed by atoms with Crippen molar-refractivity contribution >= 4 is 76.3 Å². The molecule has 11 aromatic rings. The maximum Gasteiger partial charge on any atom is 0.159 e. The van der Waals surface area contributed by atoms with Gasteiger partial charge in [0.2, 0.25) is 0 Å². The van der Waals surface area contributed by atoms with Crippen LogP contribution in [0.5, 0.6) is 0 Å². The van der Waals surface area contributed by atoms with Crippen LogP contribution in [0.15, 0.2) is 174 Å². The highest BCUT2D eigenvalue weighted by Crippen LogP contribution is 2.41. The molecular formula is C46H28N2O. The predicted octanol–water partition coefficient (Wildman–Crippen LogP) is 12.6. The molecule has 8 aromatic carbocycles. The highest BCUT2D eigenvalue weighted by molar-refractivity contribution is 6.18. The summed E-state index contributed by atoms with van der Waals surface area (Å²) in [7, 11) is 0. The van der Waals surface area contributed by atoms with Crippen LogP contribution in [0.4, 0.5) is 0 Å². The third kappa shape index (κ3) is 3.73. The highest BCUT2D eigenvalue weighted by Gasteiger charge is 2.19. The van der Waals surface area contributed by atoms with Gasteiger partial charge in [-0.15, -0.1) is 0 Å². The fourth-order valence-corrected chi connectivity index (χ4v) is 8.10. The predicted molar refractivity (Wildman–Crippen MR) is 205 cm³/mol. The number of hydrogen-bond acceptors (Lipinski definition) is 1. The molecule has 0 spiro atoms. The summed E-state index contributed by atoms with van der Waals surface area (Å²) in [5.74, 6) is 0. The van der Waals surface area contributed by atoms with Gasteiger partial charge in [-0.25, -0.2) is 0 Å². The van der Waals surface area contributed by atoms with Crippen molar-refractivity contribution in [3.05, 3.63) is 170 Å². The third-order valence-electron chi connectivity index (χ3n) is 10.3. The van der Waals surface area contributed by atoms with E-state index >= 15 is 0 Å². The largest absolute Gasteiger partial charge is 0.453 e. The van der Waals surface area contributed by atoms with Gasteiger partial charge in [-0.3, -0.25) is 0 Å². The fourth-order valence-electron chi connectivity index (χ4n) is 8.10. The van der Waals surface area contributed by atoms with Gasteiger partial charge in [0.15, 0.2) is 5.58 Å². The van der Waals surface area contributed by atoms with Crippen molar-refractivity contribution in [2.45, 2.75) is 0 Å². The van der Waals surface area contributed by atoms with Crippen molar-refractivity contribution in [2.24, 2.45) is 0 Å². The summed E-state index contributed by atoms with van der Waals surface area (Å²) in [5, 5.41) is 9.58. The van der Waals surface area contributed by atoms with Crippen LogP contribution in [0.25, 0.3) is 98.8 Å². The fraction of sp³-hybridized carbons (Fsp3) is 0. The van der Waals surface area contributed by atoms with E-state index in [4.69, 9.17) is 4.42 Å². The van der Waals surface area contributed by atoms with E-state index in [-0.39, 0.29) is 0 Å². The molecule has 3 heterocycles. The summed E-state index contributed by atoms with van der Waals surface area (Å²) >= 11 is 0. The smallest absolute Gasteiger partial charge is 0.159 e. The maximum atomic E-state index is 6.78. The molecule has 0 atom stereocenters.